The molecule has 9 heteroatoms. The van der Waals surface area contributed by atoms with Crippen molar-refractivity contribution in [3.63, 3.8) is 0 Å². The van der Waals surface area contributed by atoms with Gasteiger partial charge in [-0.1, -0.05) is 0 Å². The molecule has 1 heterocycles. The molecule has 0 fully saturated rings. The Morgan fingerprint density at radius 3 is 2.62 bits per heavy atom. The number of carbonyl (C=O) groups excluding carboxylic acids is 1. The van der Waals surface area contributed by atoms with Crippen molar-refractivity contribution in [2.45, 2.75) is 6.92 Å². The summed E-state index contributed by atoms with van der Waals surface area (Å²) in [6, 6.07) is 3.68. The van der Waals surface area contributed by atoms with Gasteiger partial charge in [0.05, 0.1) is 10.6 Å². The monoisotopic (exact) mass is 291 g/mol. The molecule has 0 bridgehead atoms. The molecule has 2 rings (SSSR count). The van der Waals surface area contributed by atoms with Gasteiger partial charge in [-0.2, -0.15) is 5.10 Å². The number of carbonyl (C=O) groups is 1. The molecule has 0 radical (unpaired) electrons. The molecule has 1 aromatic carbocycles. The molecule has 0 spiro atoms. The van der Waals surface area contributed by atoms with Crippen molar-refractivity contribution >= 4 is 17.3 Å². The molecule has 0 atom stereocenters. The van der Waals surface area contributed by atoms with Crippen LogP contribution in [0.4, 0.5) is 11.4 Å². The van der Waals surface area contributed by atoms with E-state index in [4.69, 9.17) is 16.2 Å². The number of ether oxygens (including phenoxy) is 1. The highest BCUT2D eigenvalue weighted by Gasteiger charge is 2.21. The number of hydrogen-bond donors (Lipinski definition) is 2. The van der Waals surface area contributed by atoms with E-state index in [9.17, 15) is 14.9 Å². The topological polar surface area (TPSA) is 139 Å². The van der Waals surface area contributed by atoms with E-state index in [1.54, 1.807) is 14.0 Å². The standard InChI is InChI=1S/C12H13N5O4/c1-6-10(13)12(16(2)15-6)21-9-4-3-7(11(14)18)5-8(9)17(19)20/h3-5H,13H2,1-2H3,(H2,14,18). The smallest absolute Gasteiger partial charge is 0.312 e. The van der Waals surface area contributed by atoms with Gasteiger partial charge in [0.2, 0.25) is 17.5 Å². The summed E-state index contributed by atoms with van der Waals surface area (Å²) < 4.78 is 6.84. The van der Waals surface area contributed by atoms with Crippen LogP contribution in [-0.2, 0) is 7.05 Å². The number of hydrogen-bond acceptors (Lipinski definition) is 6. The van der Waals surface area contributed by atoms with Crippen LogP contribution in [0.3, 0.4) is 0 Å². The molecule has 0 saturated carbocycles. The van der Waals surface area contributed by atoms with Crippen molar-refractivity contribution in [2.75, 3.05) is 5.73 Å². The van der Waals surface area contributed by atoms with Gasteiger partial charge < -0.3 is 16.2 Å². The van der Waals surface area contributed by atoms with Gasteiger partial charge in [0.25, 0.3) is 0 Å². The Labute approximate surface area is 119 Å². The summed E-state index contributed by atoms with van der Waals surface area (Å²) in [6.45, 7) is 1.69. The lowest BCUT2D eigenvalue weighted by molar-refractivity contribution is -0.385. The Bertz CT molecular complexity index is 737. The molecule has 110 valence electrons. The Morgan fingerprint density at radius 2 is 2.14 bits per heavy atom. The lowest BCUT2D eigenvalue weighted by Crippen LogP contribution is -2.11. The van der Waals surface area contributed by atoms with Gasteiger partial charge in [-0.25, -0.2) is 4.68 Å². The fraction of sp³-hybridized carbons (Fsp3) is 0.167. The number of amides is 1. The zero-order valence-electron chi connectivity index (χ0n) is 11.4. The average Bonchev–Trinajstić information content (AvgIpc) is 2.65. The van der Waals surface area contributed by atoms with Crippen LogP contribution in [-0.4, -0.2) is 20.6 Å². The number of nitro benzene ring substituents is 1. The van der Waals surface area contributed by atoms with Crippen LogP contribution in [0.25, 0.3) is 0 Å². The van der Waals surface area contributed by atoms with Crippen molar-refractivity contribution in [1.29, 1.82) is 0 Å². The highest BCUT2D eigenvalue weighted by molar-refractivity contribution is 5.93. The number of aryl methyl sites for hydroxylation is 2. The number of nitrogen functional groups attached to an aromatic ring is 1. The molecule has 9 nitrogen and oxygen atoms in total. The Morgan fingerprint density at radius 1 is 1.48 bits per heavy atom. The third kappa shape index (κ3) is 2.61. The van der Waals surface area contributed by atoms with E-state index in [1.165, 1.54) is 16.8 Å². The van der Waals surface area contributed by atoms with E-state index < -0.39 is 10.8 Å². The number of nitrogens with two attached hydrogens (primary N) is 2. The van der Waals surface area contributed by atoms with Crippen LogP contribution in [0, 0.1) is 17.0 Å². The van der Waals surface area contributed by atoms with Crippen LogP contribution < -0.4 is 16.2 Å². The second-order valence-electron chi connectivity index (χ2n) is 4.33. The predicted molar refractivity (Wildman–Crippen MR) is 74.0 cm³/mol. The second kappa shape index (κ2) is 5.12. The normalized spacial score (nSPS) is 10.4. The average molecular weight is 291 g/mol. The number of nitro groups is 1. The van der Waals surface area contributed by atoms with Crippen molar-refractivity contribution in [3.05, 3.63) is 39.6 Å². The summed E-state index contributed by atoms with van der Waals surface area (Å²) in [6.07, 6.45) is 0. The molecule has 1 aromatic heterocycles. The molecule has 0 aliphatic rings. The zero-order valence-corrected chi connectivity index (χ0v) is 11.4. The van der Waals surface area contributed by atoms with Gasteiger partial charge in [0.1, 0.15) is 5.69 Å². The maximum absolute atomic E-state index is 11.1. The van der Waals surface area contributed by atoms with E-state index in [1.807, 2.05) is 0 Å². The maximum atomic E-state index is 11.1. The quantitative estimate of drug-likeness (QED) is 0.638. The van der Waals surface area contributed by atoms with Gasteiger partial charge in [0.15, 0.2) is 0 Å². The summed E-state index contributed by atoms with van der Waals surface area (Å²) in [7, 11) is 1.60. The van der Waals surface area contributed by atoms with Crippen molar-refractivity contribution in [1.82, 2.24) is 9.78 Å². The third-order valence-electron chi connectivity index (χ3n) is 2.86. The predicted octanol–water partition coefficient (Wildman–Crippen LogP) is 1.11. The van der Waals surface area contributed by atoms with Crippen LogP contribution in [0.15, 0.2) is 18.2 Å². The van der Waals surface area contributed by atoms with E-state index in [-0.39, 0.29) is 28.6 Å². The summed E-state index contributed by atoms with van der Waals surface area (Å²) in [5.74, 6) is -0.636. The van der Waals surface area contributed by atoms with Gasteiger partial charge in [0, 0.05) is 18.7 Å². The minimum Gasteiger partial charge on any atom is -0.430 e. The molecule has 0 aliphatic carbocycles. The van der Waals surface area contributed by atoms with E-state index in [0.717, 1.165) is 6.07 Å². The summed E-state index contributed by atoms with van der Waals surface area (Å²) in [4.78, 5) is 21.5. The Kier molecular flexibility index (Phi) is 3.49. The number of primary amides is 1. The first-order valence-electron chi connectivity index (χ1n) is 5.86. The molecule has 21 heavy (non-hydrogen) atoms. The minimum absolute atomic E-state index is 0.0169. The fourth-order valence-electron chi connectivity index (χ4n) is 1.78. The lowest BCUT2D eigenvalue weighted by Gasteiger charge is -2.08. The molecule has 4 N–H and O–H groups in total. The number of anilines is 1. The van der Waals surface area contributed by atoms with Crippen LogP contribution >= 0.6 is 0 Å². The molecule has 0 aliphatic heterocycles. The highest BCUT2D eigenvalue weighted by Crippen LogP contribution is 2.35. The first-order valence-corrected chi connectivity index (χ1v) is 5.86. The van der Waals surface area contributed by atoms with Crippen molar-refractivity contribution in [2.24, 2.45) is 12.8 Å². The van der Waals surface area contributed by atoms with E-state index >= 15 is 0 Å². The summed E-state index contributed by atoms with van der Waals surface area (Å²) in [5.41, 5.74) is 11.4. The number of rotatable bonds is 4. The highest BCUT2D eigenvalue weighted by atomic mass is 16.6. The molecule has 0 unspecified atom stereocenters. The minimum atomic E-state index is -0.763. The van der Waals surface area contributed by atoms with Gasteiger partial charge in [-0.05, 0) is 19.1 Å². The van der Waals surface area contributed by atoms with Crippen LogP contribution in [0.5, 0.6) is 11.6 Å². The van der Waals surface area contributed by atoms with Crippen molar-refractivity contribution in [3.8, 4) is 11.6 Å². The second-order valence-corrected chi connectivity index (χ2v) is 4.33. The third-order valence-corrected chi connectivity index (χ3v) is 2.86. The fourth-order valence-corrected chi connectivity index (χ4v) is 1.78. The van der Waals surface area contributed by atoms with E-state index in [2.05, 4.69) is 5.10 Å². The lowest BCUT2D eigenvalue weighted by atomic mass is 10.2. The molecule has 0 saturated heterocycles. The van der Waals surface area contributed by atoms with E-state index in [0.29, 0.717) is 5.69 Å². The van der Waals surface area contributed by atoms with Crippen molar-refractivity contribution < 1.29 is 14.5 Å². The first kappa shape index (κ1) is 14.3. The number of benzene rings is 1. The zero-order chi connectivity index (χ0) is 15.7. The largest absolute Gasteiger partial charge is 0.430 e. The molecule has 2 aromatic rings. The molecular weight excluding hydrogens is 278 g/mol. The number of nitrogens with zero attached hydrogens (tertiary/aromatic N) is 3. The first-order chi connectivity index (χ1) is 9.81. The van der Waals surface area contributed by atoms with Gasteiger partial charge in [-0.3, -0.25) is 14.9 Å². The summed E-state index contributed by atoms with van der Waals surface area (Å²) in [5, 5.41) is 15.1. The Hall–Kier alpha value is -3.10. The Balaban J connectivity index is 2.49. The van der Waals surface area contributed by atoms with Gasteiger partial charge >= 0.3 is 5.69 Å². The number of aromatic nitrogens is 2. The van der Waals surface area contributed by atoms with Gasteiger partial charge in [-0.15, -0.1) is 0 Å². The summed E-state index contributed by atoms with van der Waals surface area (Å²) >= 11 is 0. The van der Waals surface area contributed by atoms with Crippen LogP contribution in [0.2, 0.25) is 0 Å². The molecular formula is C12H13N5O4. The van der Waals surface area contributed by atoms with Crippen LogP contribution in [0.1, 0.15) is 16.1 Å². The maximum Gasteiger partial charge on any atom is 0.312 e. The molecule has 1 amide bonds. The SMILES string of the molecule is Cc1nn(C)c(Oc2ccc(C(N)=O)cc2[N+](=O)[O-])c1N.